The summed E-state index contributed by atoms with van der Waals surface area (Å²) in [5.74, 6) is 0. The van der Waals surface area contributed by atoms with Crippen molar-refractivity contribution in [2.24, 2.45) is 0 Å². The van der Waals surface area contributed by atoms with Gasteiger partial charge in [0.1, 0.15) is 0 Å². The molecule has 130 valence electrons. The largest absolute Gasteiger partial charge is 0.322 e. The number of carbonyl (C=O) groups is 1. The highest BCUT2D eigenvalue weighted by molar-refractivity contribution is 5.89. The van der Waals surface area contributed by atoms with Crippen LogP contribution in [-0.2, 0) is 12.8 Å². The van der Waals surface area contributed by atoms with E-state index in [4.69, 9.17) is 0 Å². The Hall–Kier alpha value is -2.33. The second kappa shape index (κ2) is 7.28. The first kappa shape index (κ1) is 16.2. The second-order valence-electron chi connectivity index (χ2n) is 6.98. The highest BCUT2D eigenvalue weighted by atomic mass is 16.2. The molecule has 1 heterocycles. The molecule has 1 aliphatic heterocycles. The van der Waals surface area contributed by atoms with Crippen molar-refractivity contribution >= 4 is 11.7 Å². The molecule has 0 aromatic heterocycles. The Morgan fingerprint density at radius 3 is 2.32 bits per heavy atom. The molecule has 2 aromatic rings. The van der Waals surface area contributed by atoms with E-state index in [9.17, 15) is 4.79 Å². The fourth-order valence-corrected chi connectivity index (χ4v) is 4.00. The molecular formula is C21H25N3O. The molecule has 2 aliphatic rings. The Bertz CT molecular complexity index is 723. The number of benzene rings is 2. The number of nitrogens with one attached hydrogen (secondary N) is 1. The fraction of sp³-hybridized carbons (Fsp3) is 0.381. The van der Waals surface area contributed by atoms with Crippen LogP contribution in [0.4, 0.5) is 10.5 Å². The van der Waals surface area contributed by atoms with Gasteiger partial charge >= 0.3 is 6.03 Å². The summed E-state index contributed by atoms with van der Waals surface area (Å²) >= 11 is 0. The monoisotopic (exact) mass is 335 g/mol. The molecule has 0 saturated carbocycles. The lowest BCUT2D eigenvalue weighted by Gasteiger charge is -2.41. The van der Waals surface area contributed by atoms with E-state index in [1.54, 1.807) is 0 Å². The summed E-state index contributed by atoms with van der Waals surface area (Å²) in [5.41, 5.74) is 3.88. The van der Waals surface area contributed by atoms with E-state index in [2.05, 4.69) is 34.5 Å². The van der Waals surface area contributed by atoms with Gasteiger partial charge in [-0.2, -0.15) is 0 Å². The van der Waals surface area contributed by atoms with Crippen molar-refractivity contribution in [3.05, 3.63) is 65.7 Å². The molecule has 2 aromatic carbocycles. The van der Waals surface area contributed by atoms with Crippen LogP contribution in [0.1, 0.15) is 17.5 Å². The molecule has 1 atom stereocenters. The second-order valence-corrected chi connectivity index (χ2v) is 6.98. The van der Waals surface area contributed by atoms with Crippen LogP contribution in [0.3, 0.4) is 0 Å². The first-order valence-corrected chi connectivity index (χ1v) is 9.21. The minimum absolute atomic E-state index is 0.0137. The third-order valence-corrected chi connectivity index (χ3v) is 5.46. The van der Waals surface area contributed by atoms with Crippen LogP contribution in [0.15, 0.2) is 54.6 Å². The number of para-hydroxylation sites is 1. The topological polar surface area (TPSA) is 35.6 Å². The average Bonchev–Trinajstić information content (AvgIpc) is 2.68. The van der Waals surface area contributed by atoms with Crippen LogP contribution in [0.25, 0.3) is 0 Å². The van der Waals surface area contributed by atoms with Gasteiger partial charge < -0.3 is 10.2 Å². The molecule has 25 heavy (non-hydrogen) atoms. The number of fused-ring (bicyclic) bond motifs is 1. The molecule has 0 radical (unpaired) electrons. The third kappa shape index (κ3) is 3.69. The van der Waals surface area contributed by atoms with Crippen molar-refractivity contribution in [1.29, 1.82) is 0 Å². The molecule has 0 spiro atoms. The summed E-state index contributed by atoms with van der Waals surface area (Å²) in [6, 6.07) is 19.1. The van der Waals surface area contributed by atoms with Crippen molar-refractivity contribution < 1.29 is 4.79 Å². The van der Waals surface area contributed by atoms with E-state index in [1.807, 2.05) is 35.2 Å². The lowest BCUT2D eigenvalue weighted by atomic mass is 9.87. The zero-order valence-electron chi connectivity index (χ0n) is 14.5. The van der Waals surface area contributed by atoms with Crippen molar-refractivity contribution in [2.75, 3.05) is 31.5 Å². The van der Waals surface area contributed by atoms with E-state index in [0.29, 0.717) is 6.04 Å². The van der Waals surface area contributed by atoms with Crippen LogP contribution >= 0.6 is 0 Å². The summed E-state index contributed by atoms with van der Waals surface area (Å²) < 4.78 is 0. The van der Waals surface area contributed by atoms with Gasteiger partial charge in [-0.25, -0.2) is 4.79 Å². The van der Waals surface area contributed by atoms with Crippen molar-refractivity contribution in [3.63, 3.8) is 0 Å². The number of carbonyl (C=O) groups excluding carboxylic acids is 1. The average molecular weight is 335 g/mol. The molecule has 0 unspecified atom stereocenters. The predicted molar refractivity (Wildman–Crippen MR) is 101 cm³/mol. The van der Waals surface area contributed by atoms with Crippen LogP contribution in [0.5, 0.6) is 0 Å². The lowest BCUT2D eigenvalue weighted by molar-refractivity contribution is 0.106. The standard InChI is InChI=1S/C21H25N3O/c25-21(22-19-8-2-1-3-9-19)24-14-12-23(13-15-24)20-11-10-17-6-4-5-7-18(17)16-20/h1-9,20H,10-16H2,(H,22,25)/t20-/m0/s1. The Morgan fingerprint density at radius 1 is 0.880 bits per heavy atom. The SMILES string of the molecule is O=C(Nc1ccccc1)N1CCN([C@H]2CCc3ccccc3C2)CC1. The first-order chi connectivity index (χ1) is 12.3. The summed E-state index contributed by atoms with van der Waals surface area (Å²) in [5, 5.41) is 2.99. The van der Waals surface area contributed by atoms with Crippen LogP contribution in [-0.4, -0.2) is 48.1 Å². The number of piperazine rings is 1. The zero-order chi connectivity index (χ0) is 17.1. The van der Waals surface area contributed by atoms with Crippen molar-refractivity contribution in [2.45, 2.75) is 25.3 Å². The number of hydrogen-bond acceptors (Lipinski definition) is 2. The normalized spacial score (nSPS) is 20.8. The highest BCUT2D eigenvalue weighted by Gasteiger charge is 2.28. The number of aryl methyl sites for hydroxylation is 1. The summed E-state index contributed by atoms with van der Waals surface area (Å²) in [4.78, 5) is 16.9. The zero-order valence-corrected chi connectivity index (χ0v) is 14.5. The molecule has 0 bridgehead atoms. The van der Waals surface area contributed by atoms with E-state index in [0.717, 1.165) is 38.3 Å². The van der Waals surface area contributed by atoms with E-state index in [1.165, 1.54) is 24.0 Å². The maximum Gasteiger partial charge on any atom is 0.321 e. The van der Waals surface area contributed by atoms with E-state index in [-0.39, 0.29) is 6.03 Å². The molecule has 1 saturated heterocycles. The number of rotatable bonds is 2. The maximum atomic E-state index is 12.4. The van der Waals surface area contributed by atoms with Crippen LogP contribution in [0.2, 0.25) is 0 Å². The van der Waals surface area contributed by atoms with Gasteiger partial charge in [0.15, 0.2) is 0 Å². The number of hydrogen-bond donors (Lipinski definition) is 1. The number of nitrogens with zero attached hydrogens (tertiary/aromatic N) is 2. The summed E-state index contributed by atoms with van der Waals surface area (Å²) in [6.07, 6.45) is 3.55. The Balaban J connectivity index is 1.31. The van der Waals surface area contributed by atoms with E-state index < -0.39 is 0 Å². The quantitative estimate of drug-likeness (QED) is 0.913. The number of amides is 2. The molecule has 1 N–H and O–H groups in total. The lowest BCUT2D eigenvalue weighted by Crippen LogP contribution is -2.53. The van der Waals surface area contributed by atoms with Crippen LogP contribution < -0.4 is 5.32 Å². The van der Waals surface area contributed by atoms with Gasteiger partial charge in [0.2, 0.25) is 0 Å². The predicted octanol–water partition coefficient (Wildman–Crippen LogP) is 3.39. The molecule has 4 heteroatoms. The summed E-state index contributed by atoms with van der Waals surface area (Å²) in [7, 11) is 0. The van der Waals surface area contributed by atoms with Gasteiger partial charge in [0.05, 0.1) is 0 Å². The molecule has 4 rings (SSSR count). The Labute approximate surface area is 149 Å². The Morgan fingerprint density at radius 2 is 1.56 bits per heavy atom. The van der Waals surface area contributed by atoms with Gasteiger partial charge in [0, 0.05) is 37.9 Å². The minimum Gasteiger partial charge on any atom is -0.322 e. The molecule has 2 amide bonds. The van der Waals surface area contributed by atoms with Crippen molar-refractivity contribution in [3.8, 4) is 0 Å². The number of anilines is 1. The smallest absolute Gasteiger partial charge is 0.321 e. The third-order valence-electron chi connectivity index (χ3n) is 5.46. The molecule has 1 aliphatic carbocycles. The van der Waals surface area contributed by atoms with Gasteiger partial charge in [-0.05, 0) is 42.5 Å². The first-order valence-electron chi connectivity index (χ1n) is 9.21. The van der Waals surface area contributed by atoms with Gasteiger partial charge in [-0.15, -0.1) is 0 Å². The molecular weight excluding hydrogens is 310 g/mol. The summed E-state index contributed by atoms with van der Waals surface area (Å²) in [6.45, 7) is 3.54. The Kier molecular flexibility index (Phi) is 4.70. The fourth-order valence-electron chi connectivity index (χ4n) is 4.00. The van der Waals surface area contributed by atoms with Gasteiger partial charge in [-0.1, -0.05) is 42.5 Å². The highest BCUT2D eigenvalue weighted by Crippen LogP contribution is 2.25. The maximum absolute atomic E-state index is 12.4. The van der Waals surface area contributed by atoms with Gasteiger partial charge in [0.25, 0.3) is 0 Å². The van der Waals surface area contributed by atoms with Crippen molar-refractivity contribution in [1.82, 2.24) is 9.80 Å². The molecule has 4 nitrogen and oxygen atoms in total. The molecule has 1 fully saturated rings. The van der Waals surface area contributed by atoms with E-state index >= 15 is 0 Å². The minimum atomic E-state index is 0.0137. The van der Waals surface area contributed by atoms with Crippen LogP contribution in [0, 0.1) is 0 Å². The number of urea groups is 1. The van der Waals surface area contributed by atoms with Gasteiger partial charge in [-0.3, -0.25) is 4.90 Å².